The van der Waals surface area contributed by atoms with Gasteiger partial charge in [-0.3, -0.25) is 4.79 Å². The number of anilines is 1. The number of H-pyrrole nitrogens is 1. The highest BCUT2D eigenvalue weighted by Crippen LogP contribution is 2.27. The molecule has 5 nitrogen and oxygen atoms in total. The summed E-state index contributed by atoms with van der Waals surface area (Å²) in [4.78, 5) is 27.5. The normalized spacial score (nSPS) is 12.0. The van der Waals surface area contributed by atoms with Crippen LogP contribution < -0.4 is 5.32 Å². The molecular formula is C19H17ClN2O3. The third-order valence-corrected chi connectivity index (χ3v) is 4.30. The van der Waals surface area contributed by atoms with Gasteiger partial charge in [0.25, 0.3) is 5.91 Å². The van der Waals surface area contributed by atoms with Crippen molar-refractivity contribution in [3.8, 4) is 0 Å². The molecule has 128 valence electrons. The number of benzene rings is 2. The molecule has 0 bridgehead atoms. The number of halogens is 1. The lowest BCUT2D eigenvalue weighted by molar-refractivity contribution is -0.123. The van der Waals surface area contributed by atoms with E-state index in [2.05, 4.69) is 10.3 Å². The van der Waals surface area contributed by atoms with Crippen molar-refractivity contribution < 1.29 is 14.3 Å². The lowest BCUT2D eigenvalue weighted by Gasteiger charge is -2.14. The van der Waals surface area contributed by atoms with E-state index >= 15 is 0 Å². The lowest BCUT2D eigenvalue weighted by atomic mass is 10.2. The Hall–Kier alpha value is -2.79. The predicted molar refractivity (Wildman–Crippen MR) is 98.0 cm³/mol. The number of aryl methyl sites for hydroxylation is 1. The van der Waals surface area contributed by atoms with E-state index in [-0.39, 0.29) is 10.7 Å². The number of hydrogen-bond acceptors (Lipinski definition) is 3. The fourth-order valence-corrected chi connectivity index (χ4v) is 2.76. The summed E-state index contributed by atoms with van der Waals surface area (Å²) in [6, 6.07) is 14.7. The highest BCUT2D eigenvalue weighted by atomic mass is 35.5. The minimum absolute atomic E-state index is 0.137. The molecule has 1 unspecified atom stereocenters. The maximum atomic E-state index is 12.4. The Kier molecular flexibility index (Phi) is 4.76. The van der Waals surface area contributed by atoms with Gasteiger partial charge < -0.3 is 15.0 Å². The quantitative estimate of drug-likeness (QED) is 0.684. The van der Waals surface area contributed by atoms with Crippen LogP contribution in [0.25, 0.3) is 10.9 Å². The average Bonchev–Trinajstić information content (AvgIpc) is 2.94. The van der Waals surface area contributed by atoms with Gasteiger partial charge in [-0.15, -0.1) is 0 Å². The number of nitrogens with one attached hydrogen (secondary N) is 2. The molecule has 0 spiro atoms. The smallest absolute Gasteiger partial charge is 0.357 e. The van der Waals surface area contributed by atoms with Crippen molar-refractivity contribution in [1.29, 1.82) is 0 Å². The molecule has 1 aromatic heterocycles. The van der Waals surface area contributed by atoms with Crippen LogP contribution >= 0.6 is 11.6 Å². The fourth-order valence-electron chi connectivity index (χ4n) is 2.47. The number of amides is 1. The number of aromatic amines is 1. The van der Waals surface area contributed by atoms with Gasteiger partial charge in [0.15, 0.2) is 6.10 Å². The number of carbonyl (C=O) groups is 2. The van der Waals surface area contributed by atoms with E-state index in [0.29, 0.717) is 5.69 Å². The molecule has 2 aromatic carbocycles. The van der Waals surface area contributed by atoms with Crippen LogP contribution in [0.3, 0.4) is 0 Å². The maximum Gasteiger partial charge on any atom is 0.357 e. The number of fused-ring (bicyclic) bond motifs is 1. The number of hydrogen-bond donors (Lipinski definition) is 2. The Labute approximate surface area is 149 Å². The first-order valence-corrected chi connectivity index (χ1v) is 8.19. The minimum atomic E-state index is -0.963. The molecule has 6 heteroatoms. The molecule has 0 saturated carbocycles. The molecule has 25 heavy (non-hydrogen) atoms. The Morgan fingerprint density at radius 1 is 1.12 bits per heavy atom. The number of aromatic nitrogens is 1. The van der Waals surface area contributed by atoms with Crippen LogP contribution in [0.4, 0.5) is 5.69 Å². The summed E-state index contributed by atoms with van der Waals surface area (Å²) in [6.45, 7) is 3.40. The van der Waals surface area contributed by atoms with Crippen LogP contribution in [0, 0.1) is 6.92 Å². The summed E-state index contributed by atoms with van der Waals surface area (Å²) in [7, 11) is 0. The number of para-hydroxylation sites is 2. The SMILES string of the molecule is Cc1ccccc1NC(=O)C(C)OC(=O)c1[nH]c2ccccc2c1Cl. The lowest BCUT2D eigenvalue weighted by Crippen LogP contribution is -2.30. The Morgan fingerprint density at radius 2 is 1.80 bits per heavy atom. The Bertz CT molecular complexity index is 949. The third kappa shape index (κ3) is 3.51. The van der Waals surface area contributed by atoms with Crippen LogP contribution in [-0.4, -0.2) is 23.0 Å². The van der Waals surface area contributed by atoms with Crippen LogP contribution in [0.5, 0.6) is 0 Å². The first-order valence-electron chi connectivity index (χ1n) is 7.81. The minimum Gasteiger partial charge on any atom is -0.448 e. The van der Waals surface area contributed by atoms with Gasteiger partial charge in [-0.1, -0.05) is 48.0 Å². The summed E-state index contributed by atoms with van der Waals surface area (Å²) in [5.41, 5.74) is 2.47. The molecule has 0 radical (unpaired) electrons. The second kappa shape index (κ2) is 6.99. The topological polar surface area (TPSA) is 71.2 Å². The highest BCUT2D eigenvalue weighted by molar-refractivity contribution is 6.38. The van der Waals surface area contributed by atoms with Gasteiger partial charge in [0.05, 0.1) is 5.02 Å². The molecule has 0 aliphatic heterocycles. The molecule has 0 saturated heterocycles. The van der Waals surface area contributed by atoms with Crippen molar-refractivity contribution in [3.05, 3.63) is 64.8 Å². The maximum absolute atomic E-state index is 12.4. The zero-order valence-electron chi connectivity index (χ0n) is 13.8. The van der Waals surface area contributed by atoms with Crippen LogP contribution in [-0.2, 0) is 9.53 Å². The van der Waals surface area contributed by atoms with Gasteiger partial charge in [0, 0.05) is 16.6 Å². The molecule has 1 heterocycles. The predicted octanol–water partition coefficient (Wildman–Crippen LogP) is 4.31. The Morgan fingerprint density at radius 3 is 2.52 bits per heavy atom. The van der Waals surface area contributed by atoms with Crippen LogP contribution in [0.15, 0.2) is 48.5 Å². The summed E-state index contributed by atoms with van der Waals surface area (Å²) < 4.78 is 5.25. The van der Waals surface area contributed by atoms with E-state index < -0.39 is 18.0 Å². The average molecular weight is 357 g/mol. The monoisotopic (exact) mass is 356 g/mol. The second-order valence-corrected chi connectivity index (χ2v) is 6.09. The van der Waals surface area contributed by atoms with Gasteiger partial charge in [0.1, 0.15) is 5.69 Å². The number of rotatable bonds is 4. The van der Waals surface area contributed by atoms with Crippen molar-refractivity contribution in [3.63, 3.8) is 0 Å². The number of esters is 1. The molecule has 0 aliphatic carbocycles. The van der Waals surface area contributed by atoms with Crippen LogP contribution in [0.1, 0.15) is 23.0 Å². The van der Waals surface area contributed by atoms with Crippen molar-refractivity contribution in [1.82, 2.24) is 4.98 Å². The summed E-state index contributed by atoms with van der Waals surface area (Å²) in [5.74, 6) is -1.08. The zero-order valence-corrected chi connectivity index (χ0v) is 14.6. The third-order valence-electron chi connectivity index (χ3n) is 3.90. The van der Waals surface area contributed by atoms with E-state index in [1.807, 2.05) is 43.3 Å². The van der Waals surface area contributed by atoms with Gasteiger partial charge in [-0.05, 0) is 31.5 Å². The van der Waals surface area contributed by atoms with Crippen molar-refractivity contribution in [2.75, 3.05) is 5.32 Å². The number of carbonyl (C=O) groups excluding carboxylic acids is 2. The fraction of sp³-hybridized carbons (Fsp3) is 0.158. The van der Waals surface area contributed by atoms with E-state index in [4.69, 9.17) is 16.3 Å². The molecule has 1 atom stereocenters. The van der Waals surface area contributed by atoms with E-state index in [9.17, 15) is 9.59 Å². The summed E-state index contributed by atoms with van der Waals surface area (Å²) in [5, 5.41) is 3.76. The number of ether oxygens (including phenoxy) is 1. The molecule has 0 aliphatic rings. The van der Waals surface area contributed by atoms with Gasteiger partial charge in [0.2, 0.25) is 0 Å². The van der Waals surface area contributed by atoms with E-state index in [0.717, 1.165) is 16.5 Å². The first kappa shape index (κ1) is 17.0. The van der Waals surface area contributed by atoms with Gasteiger partial charge in [-0.2, -0.15) is 0 Å². The standard InChI is InChI=1S/C19H17ClN2O3/c1-11-7-3-5-9-14(11)22-18(23)12(2)25-19(24)17-16(20)13-8-4-6-10-15(13)21-17/h3-10,12,21H,1-2H3,(H,22,23). The molecule has 1 amide bonds. The first-order chi connectivity index (χ1) is 12.0. The van der Waals surface area contributed by atoms with Crippen molar-refractivity contribution in [2.45, 2.75) is 20.0 Å². The van der Waals surface area contributed by atoms with Gasteiger partial charge >= 0.3 is 5.97 Å². The largest absolute Gasteiger partial charge is 0.448 e. The molecular weight excluding hydrogens is 340 g/mol. The van der Waals surface area contributed by atoms with Crippen molar-refractivity contribution in [2.24, 2.45) is 0 Å². The van der Waals surface area contributed by atoms with E-state index in [1.54, 1.807) is 12.1 Å². The summed E-state index contributed by atoms with van der Waals surface area (Å²) >= 11 is 6.23. The van der Waals surface area contributed by atoms with E-state index in [1.165, 1.54) is 6.92 Å². The van der Waals surface area contributed by atoms with Crippen LogP contribution in [0.2, 0.25) is 5.02 Å². The molecule has 3 aromatic rings. The molecule has 3 rings (SSSR count). The van der Waals surface area contributed by atoms with Gasteiger partial charge in [-0.25, -0.2) is 4.79 Å². The zero-order chi connectivity index (χ0) is 18.0. The highest BCUT2D eigenvalue weighted by Gasteiger charge is 2.23. The van der Waals surface area contributed by atoms with Crippen molar-refractivity contribution >= 4 is 40.1 Å². The molecule has 0 fully saturated rings. The second-order valence-electron chi connectivity index (χ2n) is 5.71. The Balaban J connectivity index is 1.72. The molecule has 2 N–H and O–H groups in total. The summed E-state index contributed by atoms with van der Waals surface area (Å²) in [6.07, 6.45) is -0.963.